The Morgan fingerprint density at radius 3 is 2.90 bits per heavy atom. The SMILES string of the molecule is N#Cc1ccc(-c2cn3c(C(=O)NCC4=CC56CC(C4)CC5C6)cccc3n2)cc1. The lowest BCUT2D eigenvalue weighted by atomic mass is 9.84. The number of carbonyl (C=O) groups excluding carboxylic acids is 1. The Kier molecular flexibility index (Phi) is 3.67. The van der Waals surface area contributed by atoms with E-state index < -0.39 is 0 Å². The van der Waals surface area contributed by atoms with Crippen LogP contribution in [0.1, 0.15) is 41.7 Å². The molecule has 2 saturated carbocycles. The quantitative estimate of drug-likeness (QED) is 0.669. The first kappa shape index (κ1) is 17.5. The summed E-state index contributed by atoms with van der Waals surface area (Å²) in [5.41, 5.74) is 5.53. The van der Waals surface area contributed by atoms with Gasteiger partial charge in [0.15, 0.2) is 0 Å². The maximum atomic E-state index is 13.0. The smallest absolute Gasteiger partial charge is 0.268 e. The van der Waals surface area contributed by atoms with Gasteiger partial charge in [-0.05, 0) is 67.2 Å². The van der Waals surface area contributed by atoms with Gasteiger partial charge in [0.25, 0.3) is 5.91 Å². The molecule has 148 valence electrons. The molecule has 2 bridgehead atoms. The molecular formula is C25H22N4O. The van der Waals surface area contributed by atoms with Crippen LogP contribution in [0.5, 0.6) is 0 Å². The monoisotopic (exact) mass is 394 g/mol. The number of imidazole rings is 1. The van der Waals surface area contributed by atoms with Gasteiger partial charge in [-0.25, -0.2) is 4.98 Å². The zero-order valence-corrected chi connectivity index (χ0v) is 16.6. The molecular weight excluding hydrogens is 372 g/mol. The van der Waals surface area contributed by atoms with E-state index in [1.807, 2.05) is 40.9 Å². The van der Waals surface area contributed by atoms with Crippen molar-refractivity contribution in [3.8, 4) is 17.3 Å². The number of benzene rings is 1. The number of hydrogen-bond donors (Lipinski definition) is 1. The minimum atomic E-state index is -0.0759. The normalized spacial score (nSPS) is 26.0. The molecule has 1 aromatic carbocycles. The van der Waals surface area contributed by atoms with E-state index >= 15 is 0 Å². The number of carbonyl (C=O) groups is 1. The second-order valence-corrected chi connectivity index (χ2v) is 9.08. The fourth-order valence-electron chi connectivity index (χ4n) is 5.68. The summed E-state index contributed by atoms with van der Waals surface area (Å²) in [4.78, 5) is 17.6. The first-order valence-corrected chi connectivity index (χ1v) is 10.6. The Morgan fingerprint density at radius 1 is 1.23 bits per heavy atom. The van der Waals surface area contributed by atoms with Gasteiger partial charge in [-0.3, -0.25) is 9.20 Å². The molecule has 3 aromatic rings. The third kappa shape index (κ3) is 2.75. The summed E-state index contributed by atoms with van der Waals surface area (Å²) >= 11 is 0. The van der Waals surface area contributed by atoms with Crippen molar-refractivity contribution in [1.82, 2.24) is 14.7 Å². The number of rotatable bonds is 4. The molecule has 2 heterocycles. The lowest BCUT2D eigenvalue weighted by Crippen LogP contribution is -2.29. The lowest BCUT2D eigenvalue weighted by Gasteiger charge is -2.23. The Bertz CT molecular complexity index is 1250. The topological polar surface area (TPSA) is 70.2 Å². The van der Waals surface area contributed by atoms with Crippen molar-refractivity contribution in [3.63, 3.8) is 0 Å². The molecule has 5 heteroatoms. The van der Waals surface area contributed by atoms with Crippen LogP contribution in [0, 0.1) is 28.6 Å². The molecule has 1 N–H and O–H groups in total. The molecule has 0 saturated heterocycles. The van der Waals surface area contributed by atoms with Crippen LogP contribution in [0.2, 0.25) is 0 Å². The van der Waals surface area contributed by atoms with Crippen molar-refractivity contribution in [1.29, 1.82) is 5.26 Å². The highest BCUT2D eigenvalue weighted by molar-refractivity contribution is 5.93. The number of nitrogens with zero attached hydrogens (tertiary/aromatic N) is 3. The molecule has 30 heavy (non-hydrogen) atoms. The van der Waals surface area contributed by atoms with Crippen molar-refractivity contribution in [2.75, 3.05) is 6.54 Å². The molecule has 2 aromatic heterocycles. The molecule has 0 radical (unpaired) electrons. The van der Waals surface area contributed by atoms with Crippen LogP contribution in [-0.2, 0) is 0 Å². The van der Waals surface area contributed by atoms with Crippen molar-refractivity contribution in [2.45, 2.75) is 25.7 Å². The predicted octanol–water partition coefficient (Wildman–Crippen LogP) is 4.35. The maximum Gasteiger partial charge on any atom is 0.268 e. The molecule has 2 fully saturated rings. The van der Waals surface area contributed by atoms with Crippen LogP contribution < -0.4 is 5.32 Å². The third-order valence-corrected chi connectivity index (χ3v) is 7.12. The molecule has 3 atom stereocenters. The number of nitrogens with one attached hydrogen (secondary N) is 1. The van der Waals surface area contributed by atoms with Crippen molar-refractivity contribution in [3.05, 3.63) is 71.6 Å². The Balaban J connectivity index is 1.24. The Hall–Kier alpha value is -3.39. The number of allylic oxidation sites excluding steroid dienone is 1. The highest BCUT2D eigenvalue weighted by atomic mass is 16.1. The summed E-state index contributed by atoms with van der Waals surface area (Å²) in [5, 5.41) is 12.1. The average Bonchev–Trinajstić information content (AvgIpc) is 3.11. The molecule has 5 nitrogen and oxygen atoms in total. The number of nitriles is 1. The van der Waals surface area contributed by atoms with Gasteiger partial charge in [0, 0.05) is 18.3 Å². The van der Waals surface area contributed by atoms with Gasteiger partial charge in [0.1, 0.15) is 11.3 Å². The molecule has 1 spiro atoms. The first-order valence-electron chi connectivity index (χ1n) is 10.6. The van der Waals surface area contributed by atoms with E-state index in [1.165, 1.54) is 24.8 Å². The van der Waals surface area contributed by atoms with Gasteiger partial charge in [-0.15, -0.1) is 0 Å². The largest absolute Gasteiger partial charge is 0.347 e. The van der Waals surface area contributed by atoms with Crippen molar-refractivity contribution in [2.24, 2.45) is 17.3 Å². The van der Waals surface area contributed by atoms with E-state index in [2.05, 4.69) is 22.4 Å². The van der Waals surface area contributed by atoms with Gasteiger partial charge in [-0.1, -0.05) is 29.8 Å². The molecule has 1 amide bonds. The maximum absolute atomic E-state index is 13.0. The van der Waals surface area contributed by atoms with Crippen LogP contribution in [-0.4, -0.2) is 21.8 Å². The third-order valence-electron chi connectivity index (χ3n) is 7.12. The fourth-order valence-corrected chi connectivity index (χ4v) is 5.68. The van der Waals surface area contributed by atoms with Gasteiger partial charge in [0.2, 0.25) is 0 Å². The van der Waals surface area contributed by atoms with Crippen molar-refractivity contribution < 1.29 is 4.79 Å². The molecule has 3 unspecified atom stereocenters. The standard InChI is InChI=1S/C25H22N4O/c26-13-16-4-6-19(7-5-16)21-15-29-22(2-1-3-23(29)28-21)24(30)27-14-18-8-17-9-20-12-25(20,10-17)11-18/h1-7,11,15,17,20H,8-10,12,14H2,(H,27,30). The molecule has 3 aliphatic carbocycles. The molecule has 6 rings (SSSR count). The van der Waals surface area contributed by atoms with Gasteiger partial charge in [0.05, 0.1) is 17.3 Å². The molecule has 0 aliphatic heterocycles. The molecule has 3 aliphatic rings. The summed E-state index contributed by atoms with van der Waals surface area (Å²) in [6, 6.07) is 15.1. The number of hydrogen-bond acceptors (Lipinski definition) is 3. The Labute approximate surface area is 175 Å². The van der Waals surface area contributed by atoms with Crippen molar-refractivity contribution >= 4 is 11.6 Å². The summed E-state index contributed by atoms with van der Waals surface area (Å²) in [6.07, 6.45) is 9.59. The zero-order valence-electron chi connectivity index (χ0n) is 16.6. The number of amides is 1. The number of aromatic nitrogens is 2. The van der Waals surface area contributed by atoms with E-state index in [9.17, 15) is 4.79 Å². The average molecular weight is 394 g/mol. The minimum Gasteiger partial charge on any atom is -0.347 e. The van der Waals surface area contributed by atoms with Gasteiger partial charge >= 0.3 is 0 Å². The van der Waals surface area contributed by atoms with Gasteiger partial charge in [-0.2, -0.15) is 5.26 Å². The summed E-state index contributed by atoms with van der Waals surface area (Å²) < 4.78 is 1.84. The second-order valence-electron chi connectivity index (χ2n) is 9.08. The van der Waals surface area contributed by atoms with Crippen LogP contribution in [0.25, 0.3) is 16.9 Å². The van der Waals surface area contributed by atoms with Gasteiger partial charge < -0.3 is 5.32 Å². The highest BCUT2D eigenvalue weighted by Crippen LogP contribution is 2.69. The van der Waals surface area contributed by atoms with Crippen LogP contribution in [0.15, 0.2) is 60.3 Å². The summed E-state index contributed by atoms with van der Waals surface area (Å²) in [7, 11) is 0. The van der Waals surface area contributed by atoms with E-state index in [-0.39, 0.29) is 5.91 Å². The predicted molar refractivity (Wildman–Crippen MR) is 114 cm³/mol. The first-order chi connectivity index (χ1) is 14.6. The van der Waals surface area contributed by atoms with Crippen LogP contribution in [0.3, 0.4) is 0 Å². The van der Waals surface area contributed by atoms with E-state index in [0.29, 0.717) is 23.2 Å². The Morgan fingerprint density at radius 2 is 2.10 bits per heavy atom. The second kappa shape index (κ2) is 6.30. The number of fused-ring (bicyclic) bond motifs is 2. The lowest BCUT2D eigenvalue weighted by molar-refractivity contribution is 0.0950. The van der Waals surface area contributed by atoms with E-state index in [1.54, 1.807) is 12.1 Å². The summed E-state index contributed by atoms with van der Waals surface area (Å²) in [6.45, 7) is 0.636. The van der Waals surface area contributed by atoms with E-state index in [4.69, 9.17) is 5.26 Å². The van der Waals surface area contributed by atoms with Crippen LogP contribution >= 0.6 is 0 Å². The minimum absolute atomic E-state index is 0.0759. The fraction of sp³-hybridized carbons (Fsp3) is 0.320. The highest BCUT2D eigenvalue weighted by Gasteiger charge is 2.60. The number of pyridine rings is 1. The van der Waals surface area contributed by atoms with Crippen LogP contribution in [0.4, 0.5) is 0 Å². The zero-order chi connectivity index (χ0) is 20.3. The van der Waals surface area contributed by atoms with E-state index in [0.717, 1.165) is 35.2 Å². The summed E-state index contributed by atoms with van der Waals surface area (Å²) in [5.74, 6) is 1.66.